The Kier molecular flexibility index (Phi) is 4.73. The molecular formula is C16H24N6O. The number of amides is 1. The van der Waals surface area contributed by atoms with Gasteiger partial charge < -0.3 is 9.47 Å². The van der Waals surface area contributed by atoms with Crippen molar-refractivity contribution < 1.29 is 4.79 Å². The monoisotopic (exact) mass is 316 g/mol. The van der Waals surface area contributed by atoms with Crippen molar-refractivity contribution in [2.75, 3.05) is 13.1 Å². The lowest BCUT2D eigenvalue weighted by Crippen LogP contribution is -2.40. The van der Waals surface area contributed by atoms with Crippen LogP contribution in [0.3, 0.4) is 0 Å². The molecule has 3 rings (SSSR count). The molecule has 2 aromatic rings. The summed E-state index contributed by atoms with van der Waals surface area (Å²) in [5.74, 6) is 1.34. The zero-order chi connectivity index (χ0) is 16.2. The van der Waals surface area contributed by atoms with Crippen molar-refractivity contribution >= 4 is 5.91 Å². The summed E-state index contributed by atoms with van der Waals surface area (Å²) in [5, 5.41) is 12.6. The molecule has 0 N–H and O–H groups in total. The van der Waals surface area contributed by atoms with Crippen LogP contribution in [0.25, 0.3) is 0 Å². The predicted octanol–water partition coefficient (Wildman–Crippen LogP) is 1.92. The highest BCUT2D eigenvalue weighted by Crippen LogP contribution is 2.26. The van der Waals surface area contributed by atoms with Crippen molar-refractivity contribution in [3.05, 3.63) is 30.1 Å². The first-order chi connectivity index (χ1) is 11.2. The fourth-order valence-corrected chi connectivity index (χ4v) is 3.29. The molecular weight excluding hydrogens is 292 g/mol. The largest absolute Gasteiger partial charge is 0.337 e. The zero-order valence-corrected chi connectivity index (χ0v) is 13.9. The highest BCUT2D eigenvalue weighted by molar-refractivity contribution is 5.92. The summed E-state index contributed by atoms with van der Waals surface area (Å²) in [4.78, 5) is 14.7. The standard InChI is InChI=1S/C16H24N6O/c1-3-9-21-12-17-19-15(21)13-6-5-10-20(11-13)16(23)14-7-8-18-22(14)4-2/h7-8,12-13H,3-6,9-11H2,1-2H3/t13-/m1/s1. The van der Waals surface area contributed by atoms with Gasteiger partial charge >= 0.3 is 0 Å². The minimum atomic E-state index is 0.0654. The molecule has 0 bridgehead atoms. The van der Waals surface area contributed by atoms with Crippen LogP contribution >= 0.6 is 0 Å². The van der Waals surface area contributed by atoms with E-state index in [-0.39, 0.29) is 11.8 Å². The molecule has 0 radical (unpaired) electrons. The van der Waals surface area contributed by atoms with Gasteiger partial charge in [-0.05, 0) is 32.3 Å². The summed E-state index contributed by atoms with van der Waals surface area (Å²) in [6, 6.07) is 1.80. The Morgan fingerprint density at radius 2 is 2.26 bits per heavy atom. The first kappa shape index (κ1) is 15.7. The van der Waals surface area contributed by atoms with Gasteiger partial charge in [-0.3, -0.25) is 9.48 Å². The second kappa shape index (κ2) is 6.93. The van der Waals surface area contributed by atoms with Crippen LogP contribution in [0.4, 0.5) is 0 Å². The third-order valence-corrected chi connectivity index (χ3v) is 4.42. The number of carbonyl (C=O) groups excluding carboxylic acids is 1. The number of hydrogen-bond donors (Lipinski definition) is 0. The molecule has 1 atom stereocenters. The number of piperidine rings is 1. The van der Waals surface area contributed by atoms with Crippen LogP contribution in [-0.2, 0) is 13.1 Å². The minimum Gasteiger partial charge on any atom is -0.337 e. The van der Waals surface area contributed by atoms with Crippen LogP contribution in [0, 0.1) is 0 Å². The number of likely N-dealkylation sites (tertiary alicyclic amines) is 1. The number of hydrogen-bond acceptors (Lipinski definition) is 4. The lowest BCUT2D eigenvalue weighted by atomic mass is 9.96. The Morgan fingerprint density at radius 3 is 3.04 bits per heavy atom. The van der Waals surface area contributed by atoms with E-state index in [1.807, 2.05) is 11.8 Å². The maximum atomic E-state index is 12.8. The maximum absolute atomic E-state index is 12.8. The van der Waals surface area contributed by atoms with Gasteiger partial charge in [0.15, 0.2) is 0 Å². The van der Waals surface area contributed by atoms with Crippen molar-refractivity contribution in [3.63, 3.8) is 0 Å². The van der Waals surface area contributed by atoms with Gasteiger partial charge in [-0.1, -0.05) is 6.92 Å². The Hall–Kier alpha value is -2.18. The second-order valence-corrected chi connectivity index (χ2v) is 6.01. The topological polar surface area (TPSA) is 68.8 Å². The smallest absolute Gasteiger partial charge is 0.272 e. The molecule has 1 saturated heterocycles. The molecule has 7 heteroatoms. The normalized spacial score (nSPS) is 18.3. The van der Waals surface area contributed by atoms with Gasteiger partial charge in [0.1, 0.15) is 17.8 Å². The van der Waals surface area contributed by atoms with Crippen LogP contribution in [-0.4, -0.2) is 48.4 Å². The molecule has 3 heterocycles. The Bertz CT molecular complexity index is 661. The summed E-state index contributed by atoms with van der Waals surface area (Å²) < 4.78 is 3.88. The highest BCUT2D eigenvalue weighted by Gasteiger charge is 2.29. The van der Waals surface area contributed by atoms with Crippen LogP contribution < -0.4 is 0 Å². The molecule has 23 heavy (non-hydrogen) atoms. The Labute approximate surface area is 136 Å². The third-order valence-electron chi connectivity index (χ3n) is 4.42. The van der Waals surface area contributed by atoms with Crippen LogP contribution in [0.1, 0.15) is 55.3 Å². The van der Waals surface area contributed by atoms with Crippen molar-refractivity contribution in [2.45, 2.75) is 52.1 Å². The number of aryl methyl sites for hydroxylation is 2. The van der Waals surface area contributed by atoms with E-state index in [0.717, 1.165) is 38.2 Å². The summed E-state index contributed by atoms with van der Waals surface area (Å²) in [7, 11) is 0. The minimum absolute atomic E-state index is 0.0654. The molecule has 1 aliphatic heterocycles. The van der Waals surface area contributed by atoms with Gasteiger partial charge in [0.05, 0.1) is 0 Å². The number of carbonyl (C=O) groups is 1. The molecule has 0 aromatic carbocycles. The molecule has 0 unspecified atom stereocenters. The Balaban J connectivity index is 1.75. The van der Waals surface area contributed by atoms with Crippen LogP contribution in [0.2, 0.25) is 0 Å². The lowest BCUT2D eigenvalue weighted by molar-refractivity contribution is 0.0690. The van der Waals surface area contributed by atoms with Gasteiger partial charge in [-0.15, -0.1) is 10.2 Å². The average molecular weight is 316 g/mol. The molecule has 1 fully saturated rings. The van der Waals surface area contributed by atoms with E-state index in [2.05, 4.69) is 26.8 Å². The summed E-state index contributed by atoms with van der Waals surface area (Å²) in [5.41, 5.74) is 0.670. The van der Waals surface area contributed by atoms with Gasteiger partial charge in [-0.25, -0.2) is 0 Å². The first-order valence-corrected chi connectivity index (χ1v) is 8.43. The zero-order valence-electron chi connectivity index (χ0n) is 13.9. The van der Waals surface area contributed by atoms with E-state index in [4.69, 9.17) is 0 Å². The molecule has 0 saturated carbocycles. The van der Waals surface area contributed by atoms with Gasteiger partial charge in [0, 0.05) is 38.3 Å². The quantitative estimate of drug-likeness (QED) is 0.845. The Morgan fingerprint density at radius 1 is 1.39 bits per heavy atom. The predicted molar refractivity (Wildman–Crippen MR) is 86.1 cm³/mol. The third kappa shape index (κ3) is 3.13. The van der Waals surface area contributed by atoms with Crippen molar-refractivity contribution in [1.82, 2.24) is 29.4 Å². The van der Waals surface area contributed by atoms with Gasteiger partial charge in [-0.2, -0.15) is 5.10 Å². The van der Waals surface area contributed by atoms with Crippen molar-refractivity contribution in [3.8, 4) is 0 Å². The summed E-state index contributed by atoms with van der Waals surface area (Å²) in [6.45, 7) is 7.27. The molecule has 1 amide bonds. The van der Waals surface area contributed by atoms with E-state index in [1.54, 1.807) is 23.3 Å². The van der Waals surface area contributed by atoms with Gasteiger partial charge in [0.2, 0.25) is 0 Å². The molecule has 1 aliphatic rings. The van der Waals surface area contributed by atoms with E-state index in [1.165, 1.54) is 0 Å². The van der Waals surface area contributed by atoms with Crippen LogP contribution in [0.5, 0.6) is 0 Å². The molecule has 124 valence electrons. The summed E-state index contributed by atoms with van der Waals surface area (Å²) >= 11 is 0. The van der Waals surface area contributed by atoms with Gasteiger partial charge in [0.25, 0.3) is 5.91 Å². The van der Waals surface area contributed by atoms with E-state index in [0.29, 0.717) is 18.8 Å². The van der Waals surface area contributed by atoms with E-state index < -0.39 is 0 Å². The van der Waals surface area contributed by atoms with E-state index in [9.17, 15) is 4.79 Å². The second-order valence-electron chi connectivity index (χ2n) is 6.01. The molecule has 2 aromatic heterocycles. The fourth-order valence-electron chi connectivity index (χ4n) is 3.29. The van der Waals surface area contributed by atoms with Crippen LogP contribution in [0.15, 0.2) is 18.6 Å². The summed E-state index contributed by atoms with van der Waals surface area (Å²) in [6.07, 6.45) is 6.59. The number of aromatic nitrogens is 5. The van der Waals surface area contributed by atoms with Crippen molar-refractivity contribution in [1.29, 1.82) is 0 Å². The van der Waals surface area contributed by atoms with Crippen molar-refractivity contribution in [2.24, 2.45) is 0 Å². The highest BCUT2D eigenvalue weighted by atomic mass is 16.2. The lowest BCUT2D eigenvalue weighted by Gasteiger charge is -2.32. The molecule has 0 spiro atoms. The SMILES string of the molecule is CCCn1cnnc1[C@@H]1CCCN(C(=O)c2ccnn2CC)C1. The number of nitrogens with zero attached hydrogens (tertiary/aromatic N) is 6. The van der Waals surface area contributed by atoms with E-state index >= 15 is 0 Å². The number of rotatable bonds is 5. The molecule has 0 aliphatic carbocycles. The average Bonchev–Trinajstić information content (AvgIpc) is 3.23. The maximum Gasteiger partial charge on any atom is 0.272 e. The molecule has 7 nitrogen and oxygen atoms in total. The first-order valence-electron chi connectivity index (χ1n) is 8.43. The fraction of sp³-hybridized carbons (Fsp3) is 0.625.